The van der Waals surface area contributed by atoms with Crippen molar-refractivity contribution in [2.45, 2.75) is 72.1 Å². The topological polar surface area (TPSA) is 132 Å². The van der Waals surface area contributed by atoms with Crippen LogP contribution in [0.25, 0.3) is 11.1 Å². The highest BCUT2D eigenvalue weighted by molar-refractivity contribution is 5.93. The molecule has 1 aliphatic heterocycles. The van der Waals surface area contributed by atoms with E-state index in [1.807, 2.05) is 45.0 Å². The molecule has 1 heterocycles. The van der Waals surface area contributed by atoms with Gasteiger partial charge in [0.05, 0.1) is 18.4 Å². The van der Waals surface area contributed by atoms with Crippen molar-refractivity contribution in [3.8, 4) is 16.9 Å². The van der Waals surface area contributed by atoms with E-state index in [1.165, 1.54) is 6.92 Å². The number of aliphatic hydroxyl groups is 1. The molecule has 3 N–H and O–H groups in total. The second kappa shape index (κ2) is 14.3. The van der Waals surface area contributed by atoms with E-state index in [-0.39, 0.29) is 55.9 Å². The predicted octanol–water partition coefficient (Wildman–Crippen LogP) is 5.68. The van der Waals surface area contributed by atoms with E-state index in [0.717, 1.165) is 22.3 Å². The summed E-state index contributed by atoms with van der Waals surface area (Å²) in [7, 11) is 0. The highest BCUT2D eigenvalue weighted by Gasteiger charge is 2.43. The van der Waals surface area contributed by atoms with Gasteiger partial charge in [-0.1, -0.05) is 62.4 Å². The molecule has 2 amide bonds. The van der Waals surface area contributed by atoms with Crippen molar-refractivity contribution in [3.05, 3.63) is 82.9 Å². The SMILES string of the molecule is CC(=O)OC1C(Oc2c(C)cc(CO)cc2NC(=O)CCNC(=O)OCC2c3ccccc3-c3ccccc32)OC(C)C(C)C1C. The van der Waals surface area contributed by atoms with Crippen molar-refractivity contribution in [3.63, 3.8) is 0 Å². The molecule has 5 unspecified atom stereocenters. The molecule has 3 aromatic carbocycles. The fraction of sp³-hybridized carbons (Fsp3) is 0.417. The quantitative estimate of drug-likeness (QED) is 0.244. The van der Waals surface area contributed by atoms with Gasteiger partial charge in [0.15, 0.2) is 6.10 Å². The Labute approximate surface area is 269 Å². The lowest BCUT2D eigenvalue weighted by atomic mass is 9.84. The minimum Gasteiger partial charge on any atom is -0.458 e. The van der Waals surface area contributed by atoms with E-state index >= 15 is 0 Å². The summed E-state index contributed by atoms with van der Waals surface area (Å²) < 4.78 is 23.6. The Morgan fingerprint density at radius 1 is 0.935 bits per heavy atom. The van der Waals surface area contributed by atoms with Crippen LogP contribution in [0.1, 0.15) is 62.3 Å². The lowest BCUT2D eigenvalue weighted by molar-refractivity contribution is -0.242. The molecule has 5 atom stereocenters. The molecule has 1 aliphatic carbocycles. The monoisotopic (exact) mass is 630 g/mol. The number of hydrogen-bond acceptors (Lipinski definition) is 8. The Hall–Kier alpha value is -4.41. The van der Waals surface area contributed by atoms with Crippen LogP contribution in [0.15, 0.2) is 60.7 Å². The van der Waals surface area contributed by atoms with E-state index in [2.05, 4.69) is 34.9 Å². The number of anilines is 1. The number of aliphatic hydroxyl groups excluding tert-OH is 1. The van der Waals surface area contributed by atoms with Crippen LogP contribution in [0.3, 0.4) is 0 Å². The van der Waals surface area contributed by atoms with E-state index in [9.17, 15) is 19.5 Å². The number of ether oxygens (including phenoxy) is 4. The normalized spacial score (nSPS) is 21.9. The number of carbonyl (C=O) groups excluding carboxylic acids is 3. The van der Waals surface area contributed by atoms with Gasteiger partial charge in [-0.15, -0.1) is 0 Å². The number of alkyl carbamates (subject to hydrolysis) is 1. The predicted molar refractivity (Wildman–Crippen MR) is 172 cm³/mol. The molecule has 0 spiro atoms. The van der Waals surface area contributed by atoms with Gasteiger partial charge >= 0.3 is 12.1 Å². The number of esters is 1. The third-order valence-electron chi connectivity index (χ3n) is 9.00. The second-order valence-electron chi connectivity index (χ2n) is 12.1. The van der Waals surface area contributed by atoms with Gasteiger partial charge in [0, 0.05) is 31.7 Å². The minimum atomic E-state index is -0.908. The first-order valence-electron chi connectivity index (χ1n) is 15.7. The molecule has 10 heteroatoms. The van der Waals surface area contributed by atoms with Crippen LogP contribution < -0.4 is 15.4 Å². The number of aryl methyl sites for hydroxylation is 1. The third-order valence-corrected chi connectivity index (χ3v) is 9.00. The van der Waals surface area contributed by atoms with Crippen LogP contribution in [0.2, 0.25) is 0 Å². The van der Waals surface area contributed by atoms with Gasteiger partial charge in [0.2, 0.25) is 12.2 Å². The van der Waals surface area contributed by atoms with Gasteiger partial charge in [-0.05, 0) is 65.3 Å². The van der Waals surface area contributed by atoms with Crippen LogP contribution in [-0.4, -0.2) is 54.7 Å². The summed E-state index contributed by atoms with van der Waals surface area (Å²) in [6.45, 7) is 9.08. The summed E-state index contributed by atoms with van der Waals surface area (Å²) >= 11 is 0. The molecule has 244 valence electrons. The number of rotatable bonds is 10. The molecule has 46 heavy (non-hydrogen) atoms. The zero-order chi connectivity index (χ0) is 33.0. The standard InChI is InChI=1S/C36H42N2O8/c1-20-16-25(18-39)17-31(33(20)46-35-34(45-24(5)40)22(3)21(2)23(4)44-35)38-32(41)14-15-37-36(42)43-19-30-28-12-8-6-10-26(28)27-11-7-9-13-29(27)30/h6-13,16-17,21-23,30,34-35,39H,14-15,18-19H2,1-5H3,(H,37,42)(H,38,41). The van der Waals surface area contributed by atoms with Crippen LogP contribution >= 0.6 is 0 Å². The van der Waals surface area contributed by atoms with Crippen molar-refractivity contribution < 1.29 is 38.4 Å². The number of nitrogens with one attached hydrogen (secondary N) is 2. The first-order valence-corrected chi connectivity index (χ1v) is 15.7. The molecular weight excluding hydrogens is 588 g/mol. The van der Waals surface area contributed by atoms with Crippen LogP contribution in [0.4, 0.5) is 10.5 Å². The van der Waals surface area contributed by atoms with E-state index in [1.54, 1.807) is 19.1 Å². The molecule has 0 aromatic heterocycles. The van der Waals surface area contributed by atoms with Crippen molar-refractivity contribution in [2.24, 2.45) is 11.8 Å². The summed E-state index contributed by atoms with van der Waals surface area (Å²) in [4.78, 5) is 37.5. The van der Waals surface area contributed by atoms with Crippen LogP contribution in [0, 0.1) is 18.8 Å². The van der Waals surface area contributed by atoms with Gasteiger partial charge in [-0.3, -0.25) is 9.59 Å². The van der Waals surface area contributed by atoms with Crippen molar-refractivity contribution in [2.75, 3.05) is 18.5 Å². The van der Waals surface area contributed by atoms with E-state index < -0.39 is 24.5 Å². The molecule has 0 bridgehead atoms. The fourth-order valence-electron chi connectivity index (χ4n) is 6.28. The van der Waals surface area contributed by atoms with Gasteiger partial charge in [-0.2, -0.15) is 0 Å². The fourth-order valence-corrected chi connectivity index (χ4v) is 6.28. The first-order chi connectivity index (χ1) is 22.1. The number of fused-ring (bicyclic) bond motifs is 3. The van der Waals surface area contributed by atoms with Crippen LogP contribution in [-0.2, 0) is 30.4 Å². The number of carbonyl (C=O) groups is 3. The van der Waals surface area contributed by atoms with Gasteiger partial charge in [-0.25, -0.2) is 4.79 Å². The van der Waals surface area contributed by atoms with E-state index in [4.69, 9.17) is 18.9 Å². The maximum Gasteiger partial charge on any atom is 0.407 e. The van der Waals surface area contributed by atoms with Gasteiger partial charge in [0.25, 0.3) is 0 Å². The van der Waals surface area contributed by atoms with Crippen molar-refractivity contribution >= 4 is 23.7 Å². The average Bonchev–Trinajstić information content (AvgIpc) is 3.35. The summed E-state index contributed by atoms with van der Waals surface area (Å²) in [6.07, 6.45) is -2.38. The molecule has 5 rings (SSSR count). The van der Waals surface area contributed by atoms with Crippen LogP contribution in [0.5, 0.6) is 5.75 Å². The number of amides is 2. The van der Waals surface area contributed by atoms with Crippen molar-refractivity contribution in [1.82, 2.24) is 5.32 Å². The zero-order valence-electron chi connectivity index (χ0n) is 26.9. The van der Waals surface area contributed by atoms with Crippen molar-refractivity contribution in [1.29, 1.82) is 0 Å². The number of hydrogen-bond donors (Lipinski definition) is 3. The highest BCUT2D eigenvalue weighted by atomic mass is 16.7. The molecule has 1 saturated heterocycles. The number of benzene rings is 3. The summed E-state index contributed by atoms with van der Waals surface area (Å²) in [5.74, 6) is -0.479. The third kappa shape index (κ3) is 7.18. The first kappa shape index (κ1) is 33.0. The highest BCUT2D eigenvalue weighted by Crippen LogP contribution is 2.44. The minimum absolute atomic E-state index is 0.0341. The Morgan fingerprint density at radius 2 is 1.59 bits per heavy atom. The lowest BCUT2D eigenvalue weighted by Crippen LogP contribution is -2.52. The smallest absolute Gasteiger partial charge is 0.407 e. The lowest BCUT2D eigenvalue weighted by Gasteiger charge is -2.42. The summed E-state index contributed by atoms with van der Waals surface area (Å²) in [5.41, 5.74) is 6.08. The summed E-state index contributed by atoms with van der Waals surface area (Å²) in [6, 6.07) is 19.6. The molecule has 10 nitrogen and oxygen atoms in total. The maximum absolute atomic E-state index is 13.0. The molecule has 0 radical (unpaired) electrons. The van der Waals surface area contributed by atoms with E-state index in [0.29, 0.717) is 22.6 Å². The van der Waals surface area contributed by atoms with Gasteiger partial charge < -0.3 is 34.7 Å². The molecule has 1 fully saturated rings. The Kier molecular flexibility index (Phi) is 10.3. The molecule has 2 aliphatic rings. The molecular formula is C36H42N2O8. The zero-order valence-corrected chi connectivity index (χ0v) is 26.9. The summed E-state index contributed by atoms with van der Waals surface area (Å²) in [5, 5.41) is 15.3. The Bertz CT molecular complexity index is 1540. The second-order valence-corrected chi connectivity index (χ2v) is 12.1. The largest absolute Gasteiger partial charge is 0.458 e. The molecule has 0 saturated carbocycles. The average molecular weight is 631 g/mol. The molecule has 3 aromatic rings. The van der Waals surface area contributed by atoms with Gasteiger partial charge in [0.1, 0.15) is 12.4 Å². The Balaban J connectivity index is 1.19. The Morgan fingerprint density at radius 3 is 2.22 bits per heavy atom. The maximum atomic E-state index is 13.0.